The molecule has 3 N–H and O–H groups in total. The standard InChI is InChI=1S/C10H14BrNO2/c1-6-3-10(14-2)7(4-8(6)11)9(13)5-12/h3-4,9,13H,5,12H2,1-2H3. The first-order valence-corrected chi connectivity index (χ1v) is 5.11. The highest BCUT2D eigenvalue weighted by Gasteiger charge is 2.13. The van der Waals surface area contributed by atoms with Crippen molar-refractivity contribution in [3.05, 3.63) is 27.7 Å². The summed E-state index contributed by atoms with van der Waals surface area (Å²) in [7, 11) is 1.58. The fourth-order valence-corrected chi connectivity index (χ4v) is 1.60. The van der Waals surface area contributed by atoms with Crippen LogP contribution < -0.4 is 10.5 Å². The summed E-state index contributed by atoms with van der Waals surface area (Å²) in [6.45, 7) is 2.15. The Balaban J connectivity index is 3.19. The third-order valence-corrected chi connectivity index (χ3v) is 2.95. The average Bonchev–Trinajstić information content (AvgIpc) is 2.20. The van der Waals surface area contributed by atoms with Gasteiger partial charge in [-0.3, -0.25) is 0 Å². The van der Waals surface area contributed by atoms with Gasteiger partial charge in [-0.05, 0) is 24.6 Å². The second-order valence-corrected chi connectivity index (χ2v) is 3.95. The molecule has 0 fully saturated rings. The van der Waals surface area contributed by atoms with Crippen molar-refractivity contribution in [2.24, 2.45) is 5.73 Å². The smallest absolute Gasteiger partial charge is 0.125 e. The molecule has 0 aromatic heterocycles. The van der Waals surface area contributed by atoms with Crippen LogP contribution in [0.15, 0.2) is 16.6 Å². The molecule has 0 aliphatic carbocycles. The van der Waals surface area contributed by atoms with Crippen molar-refractivity contribution < 1.29 is 9.84 Å². The van der Waals surface area contributed by atoms with E-state index in [2.05, 4.69) is 15.9 Å². The van der Waals surface area contributed by atoms with E-state index in [0.29, 0.717) is 11.3 Å². The van der Waals surface area contributed by atoms with Crippen molar-refractivity contribution in [1.29, 1.82) is 0 Å². The quantitative estimate of drug-likeness (QED) is 0.870. The lowest BCUT2D eigenvalue weighted by molar-refractivity contribution is 0.182. The predicted octanol–water partition coefficient (Wildman–Crippen LogP) is 1.76. The fourth-order valence-electron chi connectivity index (χ4n) is 1.23. The maximum Gasteiger partial charge on any atom is 0.125 e. The molecule has 1 aromatic rings. The van der Waals surface area contributed by atoms with Crippen molar-refractivity contribution >= 4 is 15.9 Å². The molecule has 0 bridgehead atoms. The second kappa shape index (κ2) is 4.77. The molecule has 0 radical (unpaired) electrons. The molecular weight excluding hydrogens is 246 g/mol. The molecule has 0 amide bonds. The summed E-state index contributed by atoms with van der Waals surface area (Å²) in [4.78, 5) is 0. The Bertz CT molecular complexity index is 328. The third kappa shape index (κ3) is 2.26. The van der Waals surface area contributed by atoms with Crippen LogP contribution in [0, 0.1) is 6.92 Å². The minimum Gasteiger partial charge on any atom is -0.496 e. The normalized spacial score (nSPS) is 12.6. The van der Waals surface area contributed by atoms with Crippen LogP contribution in [0.25, 0.3) is 0 Å². The summed E-state index contributed by atoms with van der Waals surface area (Å²) in [5.74, 6) is 0.670. The number of rotatable bonds is 3. The first-order chi connectivity index (χ1) is 6.60. The SMILES string of the molecule is COc1cc(C)c(Br)cc1C(O)CN. The molecule has 0 saturated heterocycles. The van der Waals surface area contributed by atoms with Crippen molar-refractivity contribution in [2.45, 2.75) is 13.0 Å². The molecule has 1 aromatic carbocycles. The zero-order valence-corrected chi connectivity index (χ0v) is 9.84. The Labute approximate surface area is 92.0 Å². The molecule has 1 atom stereocenters. The lowest BCUT2D eigenvalue weighted by atomic mass is 10.1. The molecule has 0 aliphatic rings. The van der Waals surface area contributed by atoms with Crippen LogP contribution in [0.3, 0.4) is 0 Å². The van der Waals surface area contributed by atoms with Crippen LogP contribution in [0.5, 0.6) is 5.75 Å². The Morgan fingerprint density at radius 2 is 2.21 bits per heavy atom. The summed E-state index contributed by atoms with van der Waals surface area (Å²) in [6, 6.07) is 3.71. The van der Waals surface area contributed by atoms with Crippen LogP contribution in [-0.2, 0) is 0 Å². The topological polar surface area (TPSA) is 55.5 Å². The number of aliphatic hydroxyl groups excluding tert-OH is 1. The first-order valence-electron chi connectivity index (χ1n) is 4.32. The Kier molecular flexibility index (Phi) is 3.92. The number of methoxy groups -OCH3 is 1. The average molecular weight is 260 g/mol. The molecule has 0 heterocycles. The van der Waals surface area contributed by atoms with Gasteiger partial charge in [-0.1, -0.05) is 15.9 Å². The molecule has 1 rings (SSSR count). The Hall–Kier alpha value is -0.580. The van der Waals surface area contributed by atoms with Crippen LogP contribution >= 0.6 is 15.9 Å². The van der Waals surface area contributed by atoms with E-state index in [9.17, 15) is 5.11 Å². The second-order valence-electron chi connectivity index (χ2n) is 3.09. The van der Waals surface area contributed by atoms with Gasteiger partial charge in [-0.25, -0.2) is 0 Å². The molecule has 4 heteroatoms. The summed E-state index contributed by atoms with van der Waals surface area (Å²) < 4.78 is 6.11. The minimum absolute atomic E-state index is 0.186. The van der Waals surface area contributed by atoms with E-state index in [1.807, 2.05) is 19.1 Å². The molecule has 3 nitrogen and oxygen atoms in total. The van der Waals surface area contributed by atoms with E-state index in [-0.39, 0.29) is 6.54 Å². The van der Waals surface area contributed by atoms with Gasteiger partial charge in [0.25, 0.3) is 0 Å². The Morgan fingerprint density at radius 3 is 2.71 bits per heavy atom. The molecule has 78 valence electrons. The molecule has 0 saturated carbocycles. The zero-order valence-electron chi connectivity index (χ0n) is 8.25. The van der Waals surface area contributed by atoms with Crippen molar-refractivity contribution in [2.75, 3.05) is 13.7 Å². The number of benzene rings is 1. The van der Waals surface area contributed by atoms with Gasteiger partial charge in [0.1, 0.15) is 5.75 Å². The van der Waals surface area contributed by atoms with Gasteiger partial charge in [-0.2, -0.15) is 0 Å². The number of ether oxygens (including phenoxy) is 1. The summed E-state index contributed by atoms with van der Waals surface area (Å²) in [5.41, 5.74) is 7.17. The van der Waals surface area contributed by atoms with Crippen LogP contribution in [0.2, 0.25) is 0 Å². The van der Waals surface area contributed by atoms with Gasteiger partial charge >= 0.3 is 0 Å². The van der Waals surface area contributed by atoms with Crippen molar-refractivity contribution in [3.63, 3.8) is 0 Å². The summed E-state index contributed by atoms with van der Waals surface area (Å²) >= 11 is 3.40. The van der Waals surface area contributed by atoms with Gasteiger partial charge in [0.15, 0.2) is 0 Å². The van der Waals surface area contributed by atoms with E-state index in [1.165, 1.54) is 0 Å². The maximum absolute atomic E-state index is 9.63. The van der Waals surface area contributed by atoms with Gasteiger partial charge < -0.3 is 15.6 Å². The van der Waals surface area contributed by atoms with Gasteiger partial charge in [0, 0.05) is 16.6 Å². The largest absolute Gasteiger partial charge is 0.496 e. The molecular formula is C10H14BrNO2. The highest BCUT2D eigenvalue weighted by Crippen LogP contribution is 2.30. The van der Waals surface area contributed by atoms with Crippen LogP contribution in [0.4, 0.5) is 0 Å². The summed E-state index contributed by atoms with van der Waals surface area (Å²) in [6.07, 6.45) is -0.679. The van der Waals surface area contributed by atoms with E-state index in [1.54, 1.807) is 7.11 Å². The first kappa shape index (κ1) is 11.5. The number of halogens is 1. The lowest BCUT2D eigenvalue weighted by Gasteiger charge is -2.14. The maximum atomic E-state index is 9.63. The molecule has 0 aliphatic heterocycles. The monoisotopic (exact) mass is 259 g/mol. The van der Waals surface area contributed by atoms with Gasteiger partial charge in [0.05, 0.1) is 13.2 Å². The highest BCUT2D eigenvalue weighted by atomic mass is 79.9. The van der Waals surface area contributed by atoms with Crippen LogP contribution in [-0.4, -0.2) is 18.8 Å². The van der Waals surface area contributed by atoms with E-state index < -0.39 is 6.10 Å². The number of aryl methyl sites for hydroxylation is 1. The highest BCUT2D eigenvalue weighted by molar-refractivity contribution is 9.10. The van der Waals surface area contributed by atoms with E-state index in [0.717, 1.165) is 10.0 Å². The number of hydrogen-bond donors (Lipinski definition) is 2. The van der Waals surface area contributed by atoms with Gasteiger partial charge in [-0.15, -0.1) is 0 Å². The summed E-state index contributed by atoms with van der Waals surface area (Å²) in [5, 5.41) is 9.63. The molecule has 14 heavy (non-hydrogen) atoms. The lowest BCUT2D eigenvalue weighted by Crippen LogP contribution is -2.12. The van der Waals surface area contributed by atoms with Crippen molar-refractivity contribution in [1.82, 2.24) is 0 Å². The van der Waals surface area contributed by atoms with Crippen molar-refractivity contribution in [3.8, 4) is 5.75 Å². The number of aliphatic hydroxyl groups is 1. The minimum atomic E-state index is -0.679. The van der Waals surface area contributed by atoms with Gasteiger partial charge in [0.2, 0.25) is 0 Å². The zero-order chi connectivity index (χ0) is 10.7. The third-order valence-electron chi connectivity index (χ3n) is 2.09. The number of nitrogens with two attached hydrogens (primary N) is 1. The molecule has 1 unspecified atom stereocenters. The van der Waals surface area contributed by atoms with Crippen LogP contribution in [0.1, 0.15) is 17.2 Å². The predicted molar refractivity (Wildman–Crippen MR) is 59.4 cm³/mol. The van der Waals surface area contributed by atoms with E-state index >= 15 is 0 Å². The number of hydrogen-bond acceptors (Lipinski definition) is 3. The Morgan fingerprint density at radius 1 is 1.57 bits per heavy atom. The van der Waals surface area contributed by atoms with E-state index in [4.69, 9.17) is 10.5 Å². The fraction of sp³-hybridized carbons (Fsp3) is 0.400. The molecule has 0 spiro atoms.